The van der Waals surface area contributed by atoms with E-state index in [0.717, 1.165) is 0 Å². The molecule has 0 aliphatic heterocycles. The largest absolute Gasteiger partial charge is 0.354 e. The first-order chi connectivity index (χ1) is 21.3. The lowest BCUT2D eigenvalue weighted by Gasteiger charge is -2.09. The lowest BCUT2D eigenvalue weighted by atomic mass is 9.98. The number of fused-ring (bicyclic) bond motifs is 8. The van der Waals surface area contributed by atoms with Crippen LogP contribution in [0, 0.1) is 0 Å². The van der Waals surface area contributed by atoms with Crippen molar-refractivity contribution in [1.29, 1.82) is 0 Å². The Bertz CT molecular complexity index is 2270. The third-order valence-electron chi connectivity index (χ3n) is 8.26. The summed E-state index contributed by atoms with van der Waals surface area (Å²) in [7, 11) is 0. The summed E-state index contributed by atoms with van der Waals surface area (Å²) in [6.45, 7) is 9.25. The molecule has 9 rings (SSSR count). The van der Waals surface area contributed by atoms with E-state index in [-0.39, 0.29) is 0 Å². The van der Waals surface area contributed by atoms with Crippen LogP contribution in [0.5, 0.6) is 0 Å². The van der Waals surface area contributed by atoms with Crippen molar-refractivity contribution in [3.05, 3.63) is 140 Å². The second-order valence-corrected chi connectivity index (χ2v) is 10.7. The van der Waals surface area contributed by atoms with Gasteiger partial charge in [-0.1, -0.05) is 111 Å². The van der Waals surface area contributed by atoms with Crippen molar-refractivity contribution >= 4 is 43.5 Å². The summed E-state index contributed by atoms with van der Waals surface area (Å²) < 4.78 is 2.39. The molecule has 0 fully saturated rings. The molecule has 2 aromatic heterocycles. The molecule has 0 unspecified atom stereocenters. The van der Waals surface area contributed by atoms with Crippen molar-refractivity contribution in [2.75, 3.05) is 0 Å². The number of hydrogen-bond donors (Lipinski definition) is 1. The standard InChI is InChI=1S/C36H22N2.C3H6.C2H6/c1-2-10-25(11-3-1)38-32-15-5-4-12-26(32)27-18-16-24(21-33(27)38)23-17-19-31-30(20-23)35-28-13-6-8-22-9-7-14-29(34(22)28)36(35)37-31;1-3-2;1-2/h1-21,37H;3H,1H2,2H3;1-2H3. The minimum absolute atomic E-state index is 1.18. The Hall–Kier alpha value is -5.34. The van der Waals surface area contributed by atoms with E-state index in [1.807, 2.05) is 20.8 Å². The third kappa shape index (κ3) is 4.10. The summed E-state index contributed by atoms with van der Waals surface area (Å²) in [6, 6.07) is 46.4. The number of rotatable bonds is 2. The highest BCUT2D eigenvalue weighted by atomic mass is 15.0. The van der Waals surface area contributed by atoms with Crippen LogP contribution in [0.15, 0.2) is 140 Å². The second-order valence-electron chi connectivity index (χ2n) is 10.7. The summed E-state index contributed by atoms with van der Waals surface area (Å²) in [6.07, 6.45) is 1.75. The summed E-state index contributed by atoms with van der Waals surface area (Å²) in [5.74, 6) is 0. The molecule has 1 aliphatic rings. The van der Waals surface area contributed by atoms with Crippen LogP contribution in [-0.2, 0) is 0 Å². The van der Waals surface area contributed by atoms with Gasteiger partial charge in [0.25, 0.3) is 0 Å². The molecule has 0 saturated heterocycles. The number of hydrogen-bond acceptors (Lipinski definition) is 0. The normalized spacial score (nSPS) is 11.2. The van der Waals surface area contributed by atoms with Crippen LogP contribution in [0.3, 0.4) is 0 Å². The summed E-state index contributed by atoms with van der Waals surface area (Å²) >= 11 is 0. The predicted octanol–water partition coefficient (Wildman–Crippen LogP) is 12.0. The van der Waals surface area contributed by atoms with E-state index in [9.17, 15) is 0 Å². The van der Waals surface area contributed by atoms with E-state index < -0.39 is 0 Å². The number of benzene rings is 6. The van der Waals surface area contributed by atoms with Crippen LogP contribution < -0.4 is 0 Å². The average Bonchev–Trinajstić information content (AvgIpc) is 3.71. The Kier molecular flexibility index (Phi) is 6.68. The minimum atomic E-state index is 1.18. The van der Waals surface area contributed by atoms with Gasteiger partial charge in [-0.2, -0.15) is 0 Å². The minimum Gasteiger partial charge on any atom is -0.354 e. The molecule has 0 spiro atoms. The number of H-pyrrole nitrogens is 1. The molecule has 2 heteroatoms. The van der Waals surface area contributed by atoms with E-state index in [1.54, 1.807) is 6.08 Å². The maximum atomic E-state index is 3.74. The summed E-state index contributed by atoms with van der Waals surface area (Å²) in [5, 5.41) is 6.50. The Morgan fingerprint density at radius 2 is 1.26 bits per heavy atom. The number of aromatic amines is 1. The lowest BCUT2D eigenvalue weighted by Crippen LogP contribution is -1.93. The van der Waals surface area contributed by atoms with Crippen LogP contribution in [0.1, 0.15) is 20.8 Å². The highest BCUT2D eigenvalue weighted by Crippen LogP contribution is 2.50. The molecule has 43 heavy (non-hydrogen) atoms. The van der Waals surface area contributed by atoms with Gasteiger partial charge in [0.2, 0.25) is 0 Å². The molecular weight excluding hydrogens is 520 g/mol. The zero-order valence-corrected chi connectivity index (χ0v) is 24.9. The molecular formula is C41H34N2. The Labute approximate surface area is 252 Å². The van der Waals surface area contributed by atoms with Gasteiger partial charge in [0.15, 0.2) is 0 Å². The molecule has 0 amide bonds. The van der Waals surface area contributed by atoms with Gasteiger partial charge < -0.3 is 9.55 Å². The quantitative estimate of drug-likeness (QED) is 0.205. The van der Waals surface area contributed by atoms with Crippen LogP contribution in [0.4, 0.5) is 0 Å². The number of para-hydroxylation sites is 2. The van der Waals surface area contributed by atoms with E-state index in [2.05, 4.69) is 144 Å². The molecule has 1 N–H and O–H groups in total. The zero-order chi connectivity index (χ0) is 29.5. The molecule has 8 aromatic rings. The Balaban J connectivity index is 0.000000568. The third-order valence-corrected chi connectivity index (χ3v) is 8.26. The maximum absolute atomic E-state index is 3.74. The Morgan fingerprint density at radius 1 is 0.605 bits per heavy atom. The fraction of sp³-hybridized carbons (Fsp3) is 0.0732. The van der Waals surface area contributed by atoms with Crippen molar-refractivity contribution in [1.82, 2.24) is 9.55 Å². The van der Waals surface area contributed by atoms with Crippen molar-refractivity contribution in [3.8, 4) is 39.2 Å². The molecule has 0 radical (unpaired) electrons. The SMILES string of the molecule is C=CC.CC.c1ccc(-n2c3ccccc3c3ccc(-c4ccc5[nH]c6c(c5c4)-c4cccc5cccc-6c45)cc32)cc1. The molecule has 2 heterocycles. The topological polar surface area (TPSA) is 20.7 Å². The molecule has 208 valence electrons. The van der Waals surface area contributed by atoms with Crippen LogP contribution in [0.2, 0.25) is 0 Å². The van der Waals surface area contributed by atoms with Gasteiger partial charge >= 0.3 is 0 Å². The van der Waals surface area contributed by atoms with Crippen molar-refractivity contribution < 1.29 is 0 Å². The number of allylic oxidation sites excluding steroid dienone is 1. The van der Waals surface area contributed by atoms with Gasteiger partial charge in [-0.15, -0.1) is 6.58 Å². The highest BCUT2D eigenvalue weighted by Gasteiger charge is 2.25. The van der Waals surface area contributed by atoms with Gasteiger partial charge in [-0.05, 0) is 70.8 Å². The summed E-state index contributed by atoms with van der Waals surface area (Å²) in [5.41, 5.74) is 12.5. The van der Waals surface area contributed by atoms with Crippen LogP contribution in [0.25, 0.3) is 82.7 Å². The fourth-order valence-corrected chi connectivity index (χ4v) is 6.62. The molecule has 6 aromatic carbocycles. The zero-order valence-electron chi connectivity index (χ0n) is 24.9. The van der Waals surface area contributed by atoms with Gasteiger partial charge in [0.05, 0.1) is 16.7 Å². The smallest absolute Gasteiger partial charge is 0.0551 e. The first-order valence-corrected chi connectivity index (χ1v) is 15.1. The second kappa shape index (κ2) is 10.8. The first kappa shape index (κ1) is 26.6. The maximum Gasteiger partial charge on any atom is 0.0551 e. The van der Waals surface area contributed by atoms with Crippen LogP contribution >= 0.6 is 0 Å². The molecule has 2 nitrogen and oxygen atoms in total. The van der Waals surface area contributed by atoms with Crippen molar-refractivity contribution in [2.24, 2.45) is 0 Å². The number of aromatic nitrogens is 2. The first-order valence-electron chi connectivity index (χ1n) is 15.1. The molecule has 1 aliphatic carbocycles. The summed E-state index contributed by atoms with van der Waals surface area (Å²) in [4.78, 5) is 3.74. The van der Waals surface area contributed by atoms with Gasteiger partial charge in [0.1, 0.15) is 0 Å². The number of nitrogens with one attached hydrogen (secondary N) is 1. The van der Waals surface area contributed by atoms with E-state index >= 15 is 0 Å². The predicted molar refractivity (Wildman–Crippen MR) is 187 cm³/mol. The fourth-order valence-electron chi connectivity index (χ4n) is 6.62. The van der Waals surface area contributed by atoms with Crippen LogP contribution in [-0.4, -0.2) is 9.55 Å². The van der Waals surface area contributed by atoms with Gasteiger partial charge in [0, 0.05) is 38.5 Å². The van der Waals surface area contributed by atoms with Crippen molar-refractivity contribution in [3.63, 3.8) is 0 Å². The molecule has 0 saturated carbocycles. The Morgan fingerprint density at radius 3 is 2.05 bits per heavy atom. The van der Waals surface area contributed by atoms with E-state index in [4.69, 9.17) is 0 Å². The average molecular weight is 555 g/mol. The van der Waals surface area contributed by atoms with Crippen molar-refractivity contribution in [2.45, 2.75) is 20.8 Å². The van der Waals surface area contributed by atoms with E-state index in [0.29, 0.717) is 0 Å². The van der Waals surface area contributed by atoms with E-state index in [1.165, 1.54) is 82.7 Å². The molecule has 0 bridgehead atoms. The van der Waals surface area contributed by atoms with Gasteiger partial charge in [-0.25, -0.2) is 0 Å². The lowest BCUT2D eigenvalue weighted by molar-refractivity contribution is 1.18. The monoisotopic (exact) mass is 554 g/mol. The molecule has 0 atom stereocenters. The number of nitrogens with zero attached hydrogens (tertiary/aromatic N) is 1. The van der Waals surface area contributed by atoms with Gasteiger partial charge in [-0.3, -0.25) is 0 Å². The highest BCUT2D eigenvalue weighted by molar-refractivity contribution is 6.21.